The summed E-state index contributed by atoms with van der Waals surface area (Å²) in [7, 11) is -10.1. The molecule has 67 valence electrons. The number of rotatable bonds is 2. The molecule has 11 heteroatoms. The van der Waals surface area contributed by atoms with Crippen LogP contribution in [-0.2, 0) is 30.2 Å². The minimum atomic E-state index is -5.05. The van der Waals surface area contributed by atoms with Crippen LogP contribution in [0.2, 0.25) is 0 Å². The molecule has 11 heavy (non-hydrogen) atoms. The van der Waals surface area contributed by atoms with Crippen molar-refractivity contribution in [3.8, 4) is 0 Å². The SMILES string of the molecule is O=P(O)(O)OP(=O)(O)O.[Co].[KH]. The van der Waals surface area contributed by atoms with Crippen molar-refractivity contribution < 1.29 is 49.8 Å². The van der Waals surface area contributed by atoms with Crippen LogP contribution in [0.3, 0.4) is 0 Å². The first kappa shape index (κ1) is 19.1. The summed E-state index contributed by atoms with van der Waals surface area (Å²) in [6.45, 7) is 0. The van der Waals surface area contributed by atoms with Gasteiger partial charge in [0.05, 0.1) is 0 Å². The molecular formula is H5CoKO7P2. The monoisotopic (exact) mass is 277 g/mol. The molecule has 7 nitrogen and oxygen atoms in total. The first-order valence-electron chi connectivity index (χ1n) is 1.53. The topological polar surface area (TPSA) is 124 Å². The minimum absolute atomic E-state index is 0. The van der Waals surface area contributed by atoms with Gasteiger partial charge in [-0.3, -0.25) is 0 Å². The molecule has 0 aliphatic rings. The van der Waals surface area contributed by atoms with Gasteiger partial charge in [-0.25, -0.2) is 9.13 Å². The molecule has 4 N–H and O–H groups in total. The van der Waals surface area contributed by atoms with Crippen molar-refractivity contribution in [2.45, 2.75) is 0 Å². The van der Waals surface area contributed by atoms with E-state index in [0.717, 1.165) is 0 Å². The fourth-order valence-electron chi connectivity index (χ4n) is 0.139. The van der Waals surface area contributed by atoms with Gasteiger partial charge in [0, 0.05) is 16.8 Å². The second-order valence-electron chi connectivity index (χ2n) is 1.06. The standard InChI is InChI=1S/Co.K.H4O7P2.H/c;;1-8(2,3)7-9(4,5)6;/h;;(H2,1,2,3)(H2,4,5,6);. The summed E-state index contributed by atoms with van der Waals surface area (Å²) >= 11 is 0. The summed E-state index contributed by atoms with van der Waals surface area (Å²) in [5, 5.41) is 0. The van der Waals surface area contributed by atoms with Crippen LogP contribution in [0.25, 0.3) is 0 Å². The van der Waals surface area contributed by atoms with Crippen molar-refractivity contribution in [1.82, 2.24) is 0 Å². The number of hydrogen-bond donors (Lipinski definition) is 4. The van der Waals surface area contributed by atoms with Gasteiger partial charge in [0.15, 0.2) is 0 Å². The number of hydrogen-bond acceptors (Lipinski definition) is 3. The third kappa shape index (κ3) is 19.0. The van der Waals surface area contributed by atoms with Crippen molar-refractivity contribution in [3.05, 3.63) is 0 Å². The molecule has 0 saturated heterocycles. The molecule has 1 radical (unpaired) electrons. The summed E-state index contributed by atoms with van der Waals surface area (Å²) in [5.74, 6) is 0. The predicted octanol–water partition coefficient (Wildman–Crippen LogP) is -1.46. The Labute approximate surface area is 115 Å². The Morgan fingerprint density at radius 2 is 1.09 bits per heavy atom. The van der Waals surface area contributed by atoms with Gasteiger partial charge in [0.25, 0.3) is 0 Å². The second kappa shape index (κ2) is 6.80. The Morgan fingerprint density at radius 1 is 0.909 bits per heavy atom. The van der Waals surface area contributed by atoms with E-state index in [4.69, 9.17) is 19.6 Å². The van der Waals surface area contributed by atoms with Crippen molar-refractivity contribution in [1.29, 1.82) is 0 Å². The molecule has 0 bridgehead atoms. The van der Waals surface area contributed by atoms with Crippen LogP contribution in [0.15, 0.2) is 0 Å². The normalized spacial score (nSPS) is 11.3. The van der Waals surface area contributed by atoms with Crippen molar-refractivity contribution in [2.75, 3.05) is 0 Å². The molecule has 0 aliphatic heterocycles. The first-order valence-corrected chi connectivity index (χ1v) is 4.59. The van der Waals surface area contributed by atoms with Gasteiger partial charge in [0.2, 0.25) is 0 Å². The van der Waals surface area contributed by atoms with Crippen LogP contribution in [-0.4, -0.2) is 71.0 Å². The van der Waals surface area contributed by atoms with E-state index < -0.39 is 15.6 Å². The Balaban J connectivity index is -0.000000320. The molecule has 0 unspecified atom stereocenters. The van der Waals surface area contributed by atoms with E-state index >= 15 is 0 Å². The average Bonchev–Trinajstić information content (AvgIpc) is 1.14. The summed E-state index contributed by atoms with van der Waals surface area (Å²) in [6, 6.07) is 0. The van der Waals surface area contributed by atoms with Gasteiger partial charge in [-0.2, -0.15) is 4.31 Å². The molecular weight excluding hydrogens is 272 g/mol. The molecule has 0 fully saturated rings. The fraction of sp³-hybridized carbons (Fsp3) is 0. The molecule has 0 rings (SSSR count). The van der Waals surface area contributed by atoms with Gasteiger partial charge < -0.3 is 19.6 Å². The summed E-state index contributed by atoms with van der Waals surface area (Å²) in [5.41, 5.74) is 0. The maximum atomic E-state index is 9.63. The van der Waals surface area contributed by atoms with Crippen molar-refractivity contribution >= 4 is 67.0 Å². The van der Waals surface area contributed by atoms with Crippen LogP contribution in [0, 0.1) is 0 Å². The second-order valence-corrected chi connectivity index (χ2v) is 3.68. The van der Waals surface area contributed by atoms with Crippen molar-refractivity contribution in [2.24, 2.45) is 0 Å². The molecule has 0 atom stereocenters. The molecule has 0 amide bonds. The van der Waals surface area contributed by atoms with E-state index in [-0.39, 0.29) is 68.2 Å². The molecule has 0 aliphatic carbocycles. The Morgan fingerprint density at radius 3 is 1.09 bits per heavy atom. The van der Waals surface area contributed by atoms with Crippen LogP contribution >= 0.6 is 15.6 Å². The molecule has 0 heterocycles. The van der Waals surface area contributed by atoms with E-state index in [2.05, 4.69) is 4.31 Å². The van der Waals surface area contributed by atoms with E-state index in [1.165, 1.54) is 0 Å². The summed E-state index contributed by atoms with van der Waals surface area (Å²) < 4.78 is 22.2. The van der Waals surface area contributed by atoms with Gasteiger partial charge in [-0.05, 0) is 0 Å². The van der Waals surface area contributed by atoms with Crippen LogP contribution in [0.1, 0.15) is 0 Å². The number of phosphoric acid groups is 2. The van der Waals surface area contributed by atoms with Crippen LogP contribution in [0.4, 0.5) is 0 Å². The average molecular weight is 277 g/mol. The van der Waals surface area contributed by atoms with E-state index in [9.17, 15) is 9.13 Å². The zero-order valence-corrected chi connectivity index (χ0v) is 7.07. The Bertz CT molecular complexity index is 157. The molecule has 0 aromatic heterocycles. The van der Waals surface area contributed by atoms with Crippen LogP contribution in [0.5, 0.6) is 0 Å². The zero-order chi connectivity index (χ0) is 7.71. The predicted molar refractivity (Wildman–Crippen MR) is 32.3 cm³/mol. The van der Waals surface area contributed by atoms with E-state index in [0.29, 0.717) is 0 Å². The van der Waals surface area contributed by atoms with E-state index in [1.807, 2.05) is 0 Å². The van der Waals surface area contributed by atoms with Gasteiger partial charge >= 0.3 is 67.0 Å². The van der Waals surface area contributed by atoms with Gasteiger partial charge in [0.1, 0.15) is 0 Å². The summed E-state index contributed by atoms with van der Waals surface area (Å²) in [4.78, 5) is 31.0. The first-order chi connectivity index (χ1) is 3.71. The molecule has 0 spiro atoms. The molecule has 0 aromatic rings. The quantitative estimate of drug-likeness (QED) is 0.359. The summed E-state index contributed by atoms with van der Waals surface area (Å²) in [6.07, 6.45) is 0. The Hall–Kier alpha value is 2.40. The van der Waals surface area contributed by atoms with Gasteiger partial charge in [-0.1, -0.05) is 0 Å². The molecule has 0 saturated carbocycles. The Kier molecular flexibility index (Phi) is 11.8. The third-order valence-corrected chi connectivity index (χ3v) is 1.91. The van der Waals surface area contributed by atoms with Crippen LogP contribution < -0.4 is 0 Å². The van der Waals surface area contributed by atoms with Crippen molar-refractivity contribution in [3.63, 3.8) is 0 Å². The third-order valence-electron chi connectivity index (χ3n) is 0.213. The van der Waals surface area contributed by atoms with E-state index in [1.54, 1.807) is 0 Å². The maximum absolute atomic E-state index is 9.63. The van der Waals surface area contributed by atoms with Gasteiger partial charge in [-0.15, -0.1) is 0 Å². The fourth-order valence-corrected chi connectivity index (χ4v) is 1.25. The molecule has 0 aromatic carbocycles. The zero-order valence-electron chi connectivity index (χ0n) is 4.24.